The fourth-order valence-electron chi connectivity index (χ4n) is 1.34. The van der Waals surface area contributed by atoms with Gasteiger partial charge in [-0.3, -0.25) is 4.79 Å². The van der Waals surface area contributed by atoms with Gasteiger partial charge in [0.05, 0.1) is 33.4 Å². The van der Waals surface area contributed by atoms with Crippen LogP contribution in [0.2, 0.25) is 0 Å². The lowest BCUT2D eigenvalue weighted by atomic mass is 10.2. The van der Waals surface area contributed by atoms with Crippen molar-refractivity contribution in [2.24, 2.45) is 5.92 Å². The molecule has 0 heterocycles. The van der Waals surface area contributed by atoms with E-state index < -0.39 is 0 Å². The summed E-state index contributed by atoms with van der Waals surface area (Å²) in [5, 5.41) is 0. The van der Waals surface area contributed by atoms with Gasteiger partial charge in [-0.15, -0.1) is 0 Å². The molecule has 1 unspecified atom stereocenters. The Bertz CT molecular complexity index is 345. The highest BCUT2D eigenvalue weighted by molar-refractivity contribution is 5.71. The number of ether oxygens (including phenoxy) is 3. The molecule has 94 valence electrons. The molecule has 0 saturated heterocycles. The van der Waals surface area contributed by atoms with Crippen molar-refractivity contribution in [2.75, 3.05) is 20.8 Å². The van der Waals surface area contributed by atoms with Gasteiger partial charge in [-0.25, -0.2) is 0 Å². The van der Waals surface area contributed by atoms with Crippen molar-refractivity contribution in [2.45, 2.75) is 13.5 Å². The van der Waals surface area contributed by atoms with Crippen molar-refractivity contribution in [3.8, 4) is 5.75 Å². The molecule has 0 spiro atoms. The van der Waals surface area contributed by atoms with Crippen molar-refractivity contribution in [1.29, 1.82) is 0 Å². The zero-order chi connectivity index (χ0) is 12.7. The summed E-state index contributed by atoms with van der Waals surface area (Å²) < 4.78 is 15.1. The minimum atomic E-state index is -0.250. The third-order valence-electron chi connectivity index (χ3n) is 2.40. The second kappa shape index (κ2) is 6.91. The van der Waals surface area contributed by atoms with E-state index in [1.165, 1.54) is 7.11 Å². The predicted molar refractivity (Wildman–Crippen MR) is 63.8 cm³/mol. The standard InChI is InChI=1S/C13H18O4/c1-10(13(14)16-3)8-17-9-11-4-6-12(15-2)7-5-11/h4-7,10H,8-9H2,1-3H3. The fourth-order valence-corrected chi connectivity index (χ4v) is 1.34. The Morgan fingerprint density at radius 3 is 2.41 bits per heavy atom. The minimum absolute atomic E-state index is 0.238. The molecule has 1 rings (SSSR count). The molecule has 0 fully saturated rings. The van der Waals surface area contributed by atoms with E-state index in [2.05, 4.69) is 4.74 Å². The maximum absolute atomic E-state index is 11.1. The Hall–Kier alpha value is -1.55. The number of benzene rings is 1. The molecule has 1 atom stereocenters. The zero-order valence-electron chi connectivity index (χ0n) is 10.4. The van der Waals surface area contributed by atoms with Crippen molar-refractivity contribution in [1.82, 2.24) is 0 Å². The molecule has 0 saturated carbocycles. The van der Waals surface area contributed by atoms with Crippen LogP contribution >= 0.6 is 0 Å². The van der Waals surface area contributed by atoms with Crippen LogP contribution in [0.25, 0.3) is 0 Å². The Morgan fingerprint density at radius 2 is 1.88 bits per heavy atom. The van der Waals surface area contributed by atoms with Crippen LogP contribution in [0.1, 0.15) is 12.5 Å². The molecule has 0 aromatic heterocycles. The van der Waals surface area contributed by atoms with Crippen molar-refractivity contribution in [3.63, 3.8) is 0 Å². The summed E-state index contributed by atoms with van der Waals surface area (Å²) in [6, 6.07) is 7.62. The lowest BCUT2D eigenvalue weighted by Crippen LogP contribution is -2.18. The molecule has 0 amide bonds. The second-order valence-corrected chi connectivity index (χ2v) is 3.79. The van der Waals surface area contributed by atoms with Crippen LogP contribution in [-0.2, 0) is 20.9 Å². The van der Waals surface area contributed by atoms with E-state index in [-0.39, 0.29) is 11.9 Å². The molecule has 0 radical (unpaired) electrons. The van der Waals surface area contributed by atoms with Gasteiger partial charge in [0.25, 0.3) is 0 Å². The normalized spacial score (nSPS) is 11.9. The van der Waals surface area contributed by atoms with Crippen molar-refractivity contribution >= 4 is 5.97 Å². The summed E-state index contributed by atoms with van der Waals surface area (Å²) in [5.41, 5.74) is 1.04. The van der Waals surface area contributed by atoms with Crippen LogP contribution in [-0.4, -0.2) is 26.8 Å². The third-order valence-corrected chi connectivity index (χ3v) is 2.40. The topological polar surface area (TPSA) is 44.8 Å². The van der Waals surface area contributed by atoms with Gasteiger partial charge >= 0.3 is 5.97 Å². The van der Waals surface area contributed by atoms with Crippen LogP contribution in [0.3, 0.4) is 0 Å². The van der Waals surface area contributed by atoms with E-state index in [0.717, 1.165) is 11.3 Å². The maximum Gasteiger partial charge on any atom is 0.310 e. The smallest absolute Gasteiger partial charge is 0.310 e. The van der Waals surface area contributed by atoms with E-state index in [1.807, 2.05) is 24.3 Å². The van der Waals surface area contributed by atoms with Crippen LogP contribution in [0.4, 0.5) is 0 Å². The van der Waals surface area contributed by atoms with Crippen molar-refractivity contribution in [3.05, 3.63) is 29.8 Å². The van der Waals surface area contributed by atoms with Crippen LogP contribution in [0.15, 0.2) is 24.3 Å². The van der Waals surface area contributed by atoms with Crippen LogP contribution < -0.4 is 4.74 Å². The summed E-state index contributed by atoms with van der Waals surface area (Å²) in [7, 11) is 3.01. The van der Waals surface area contributed by atoms with E-state index in [9.17, 15) is 4.79 Å². The molecule has 0 aliphatic rings. The molecule has 4 nitrogen and oxygen atoms in total. The molecule has 1 aromatic rings. The van der Waals surface area contributed by atoms with Gasteiger partial charge in [0.2, 0.25) is 0 Å². The monoisotopic (exact) mass is 238 g/mol. The Morgan fingerprint density at radius 1 is 1.24 bits per heavy atom. The Kier molecular flexibility index (Phi) is 5.49. The third kappa shape index (κ3) is 4.44. The lowest BCUT2D eigenvalue weighted by Gasteiger charge is -2.10. The summed E-state index contributed by atoms with van der Waals surface area (Å²) in [4.78, 5) is 11.1. The fraction of sp³-hybridized carbons (Fsp3) is 0.462. The van der Waals surface area contributed by atoms with Crippen LogP contribution in [0.5, 0.6) is 5.75 Å². The second-order valence-electron chi connectivity index (χ2n) is 3.79. The summed E-state index contributed by atoms with van der Waals surface area (Å²) in [6.07, 6.45) is 0. The molecule has 0 aliphatic carbocycles. The largest absolute Gasteiger partial charge is 0.497 e. The zero-order valence-corrected chi connectivity index (χ0v) is 10.4. The number of carbonyl (C=O) groups excluding carboxylic acids is 1. The quantitative estimate of drug-likeness (QED) is 0.711. The molecular formula is C13H18O4. The highest BCUT2D eigenvalue weighted by Gasteiger charge is 2.12. The molecule has 0 bridgehead atoms. The van der Waals surface area contributed by atoms with Crippen molar-refractivity contribution < 1.29 is 19.0 Å². The Labute approximate surface area is 101 Å². The predicted octanol–water partition coefficient (Wildman–Crippen LogP) is 2.02. The molecule has 1 aromatic carbocycles. The Balaban J connectivity index is 2.33. The number of carbonyl (C=O) groups is 1. The van der Waals surface area contributed by atoms with Gasteiger partial charge in [0, 0.05) is 0 Å². The first-order valence-electron chi connectivity index (χ1n) is 5.46. The summed E-state index contributed by atoms with van der Waals surface area (Å²) >= 11 is 0. The van der Waals surface area contributed by atoms with Gasteiger partial charge in [0.1, 0.15) is 5.75 Å². The lowest BCUT2D eigenvalue weighted by molar-refractivity contribution is -0.147. The van der Waals surface area contributed by atoms with Gasteiger partial charge in [-0.1, -0.05) is 12.1 Å². The molecule has 0 N–H and O–H groups in total. The summed E-state index contributed by atoms with van der Waals surface area (Å²) in [5.74, 6) is 0.328. The van der Waals surface area contributed by atoms with E-state index in [4.69, 9.17) is 9.47 Å². The average molecular weight is 238 g/mol. The van der Waals surface area contributed by atoms with Gasteiger partial charge in [-0.05, 0) is 24.6 Å². The highest BCUT2D eigenvalue weighted by Crippen LogP contribution is 2.12. The molecule has 0 aliphatic heterocycles. The number of esters is 1. The number of methoxy groups -OCH3 is 2. The molecule has 4 heteroatoms. The first-order chi connectivity index (χ1) is 8.17. The molecular weight excluding hydrogens is 220 g/mol. The first kappa shape index (κ1) is 13.5. The van der Waals surface area contributed by atoms with Gasteiger partial charge in [0.15, 0.2) is 0 Å². The number of hydrogen-bond acceptors (Lipinski definition) is 4. The van der Waals surface area contributed by atoms with Gasteiger partial charge < -0.3 is 14.2 Å². The van der Waals surface area contributed by atoms with Gasteiger partial charge in [-0.2, -0.15) is 0 Å². The molecule has 17 heavy (non-hydrogen) atoms. The highest BCUT2D eigenvalue weighted by atomic mass is 16.5. The SMILES string of the molecule is COC(=O)C(C)COCc1ccc(OC)cc1. The minimum Gasteiger partial charge on any atom is -0.497 e. The number of hydrogen-bond donors (Lipinski definition) is 0. The average Bonchev–Trinajstić information content (AvgIpc) is 2.38. The summed E-state index contributed by atoms with van der Waals surface area (Å²) in [6.45, 7) is 2.61. The maximum atomic E-state index is 11.1. The van der Waals surface area contributed by atoms with E-state index in [1.54, 1.807) is 14.0 Å². The van der Waals surface area contributed by atoms with E-state index >= 15 is 0 Å². The van der Waals surface area contributed by atoms with E-state index in [0.29, 0.717) is 13.2 Å². The van der Waals surface area contributed by atoms with Crippen LogP contribution in [0, 0.1) is 5.92 Å². The number of rotatable bonds is 6. The first-order valence-corrected chi connectivity index (χ1v) is 5.46.